The number of aromatic nitrogens is 2. The van der Waals surface area contributed by atoms with Crippen LogP contribution in [-0.2, 0) is 4.79 Å². The first-order valence-corrected chi connectivity index (χ1v) is 6.60. The van der Waals surface area contributed by atoms with Gasteiger partial charge in [-0.05, 0) is 44.4 Å². The molecule has 0 atom stereocenters. The predicted molar refractivity (Wildman–Crippen MR) is 81.0 cm³/mol. The second-order valence-corrected chi connectivity index (χ2v) is 5.08. The summed E-state index contributed by atoms with van der Waals surface area (Å²) >= 11 is 0. The molecule has 0 radical (unpaired) electrons. The molecule has 1 aromatic carbocycles. The van der Waals surface area contributed by atoms with Gasteiger partial charge in [0.15, 0.2) is 11.6 Å². The van der Waals surface area contributed by atoms with Gasteiger partial charge in [0.25, 0.3) is 0 Å². The van der Waals surface area contributed by atoms with Crippen LogP contribution in [0.15, 0.2) is 41.0 Å². The summed E-state index contributed by atoms with van der Waals surface area (Å²) in [4.78, 5) is 21.2. The average Bonchev–Trinajstić information content (AvgIpc) is 3.05. The molecule has 6 heteroatoms. The normalized spacial score (nSPS) is 11.2. The third-order valence-corrected chi connectivity index (χ3v) is 2.98. The van der Waals surface area contributed by atoms with Crippen LogP contribution in [0, 0.1) is 0 Å². The number of aromatic amines is 1. The van der Waals surface area contributed by atoms with Crippen molar-refractivity contribution in [3.63, 3.8) is 0 Å². The maximum atomic E-state index is 11.8. The minimum atomic E-state index is -0.0508. The summed E-state index contributed by atoms with van der Waals surface area (Å²) in [7, 11) is 3.71. The van der Waals surface area contributed by atoms with Crippen molar-refractivity contribution in [2.45, 2.75) is 0 Å². The van der Waals surface area contributed by atoms with Gasteiger partial charge in [0, 0.05) is 5.69 Å². The molecule has 0 unspecified atom stereocenters. The van der Waals surface area contributed by atoms with Gasteiger partial charge >= 0.3 is 0 Å². The summed E-state index contributed by atoms with van der Waals surface area (Å²) in [5.41, 5.74) is 2.42. The van der Waals surface area contributed by atoms with Crippen LogP contribution in [-0.4, -0.2) is 41.4 Å². The highest BCUT2D eigenvalue weighted by atomic mass is 16.3. The van der Waals surface area contributed by atoms with E-state index < -0.39 is 0 Å². The van der Waals surface area contributed by atoms with Gasteiger partial charge in [-0.15, -0.1) is 0 Å². The smallest absolute Gasteiger partial charge is 0.238 e. The molecular formula is C15H16N4O2. The van der Waals surface area contributed by atoms with Crippen molar-refractivity contribution in [3.8, 4) is 11.6 Å². The summed E-state index contributed by atoms with van der Waals surface area (Å²) in [6.45, 7) is 0.346. The van der Waals surface area contributed by atoms with E-state index in [0.717, 1.165) is 16.7 Å². The molecule has 0 aliphatic carbocycles. The van der Waals surface area contributed by atoms with Crippen LogP contribution in [0.3, 0.4) is 0 Å². The quantitative estimate of drug-likeness (QED) is 0.771. The standard InChI is InChI=1S/C15H16N4O2/c1-19(2)9-14(20)16-10-5-6-11-12(8-10)18-15(17-11)13-4-3-7-21-13/h3-8H,9H2,1-2H3,(H,16,20)(H,17,18). The number of anilines is 1. The van der Waals surface area contributed by atoms with Gasteiger partial charge in [-0.2, -0.15) is 0 Å². The van der Waals surface area contributed by atoms with Crippen molar-refractivity contribution in [3.05, 3.63) is 36.6 Å². The highest BCUT2D eigenvalue weighted by Gasteiger charge is 2.09. The summed E-state index contributed by atoms with van der Waals surface area (Å²) in [5.74, 6) is 1.31. The van der Waals surface area contributed by atoms with E-state index >= 15 is 0 Å². The summed E-state index contributed by atoms with van der Waals surface area (Å²) < 4.78 is 5.32. The zero-order chi connectivity index (χ0) is 14.8. The zero-order valence-electron chi connectivity index (χ0n) is 11.9. The van der Waals surface area contributed by atoms with E-state index in [0.29, 0.717) is 18.1 Å². The Morgan fingerprint density at radius 2 is 2.24 bits per heavy atom. The molecule has 1 amide bonds. The van der Waals surface area contributed by atoms with Gasteiger partial charge in [-0.3, -0.25) is 4.79 Å². The second kappa shape index (κ2) is 5.41. The number of imidazole rings is 1. The van der Waals surface area contributed by atoms with E-state index in [1.807, 2.05) is 49.3 Å². The molecule has 3 aromatic rings. The molecule has 6 nitrogen and oxygen atoms in total. The fourth-order valence-electron chi connectivity index (χ4n) is 2.11. The molecule has 3 rings (SSSR count). The number of likely N-dealkylation sites (N-methyl/N-ethyl adjacent to an activating group) is 1. The number of fused-ring (bicyclic) bond motifs is 1. The number of carbonyl (C=O) groups excluding carboxylic acids is 1. The Balaban J connectivity index is 1.85. The average molecular weight is 284 g/mol. The molecule has 2 aromatic heterocycles. The van der Waals surface area contributed by atoms with Crippen molar-refractivity contribution in [1.29, 1.82) is 0 Å². The van der Waals surface area contributed by atoms with E-state index in [1.165, 1.54) is 0 Å². The number of H-pyrrole nitrogens is 1. The molecule has 0 aliphatic rings. The molecule has 0 aliphatic heterocycles. The number of amides is 1. The van der Waals surface area contributed by atoms with E-state index in [-0.39, 0.29) is 5.91 Å². The summed E-state index contributed by atoms with van der Waals surface area (Å²) in [6.07, 6.45) is 1.61. The van der Waals surface area contributed by atoms with Crippen molar-refractivity contribution >= 4 is 22.6 Å². The van der Waals surface area contributed by atoms with Crippen LogP contribution in [0.2, 0.25) is 0 Å². The number of furan rings is 1. The second-order valence-electron chi connectivity index (χ2n) is 5.08. The molecule has 0 saturated carbocycles. The summed E-state index contributed by atoms with van der Waals surface area (Å²) in [6, 6.07) is 9.22. The Kier molecular flexibility index (Phi) is 3.45. The minimum absolute atomic E-state index is 0.0508. The van der Waals surface area contributed by atoms with Crippen LogP contribution in [0.4, 0.5) is 5.69 Å². The van der Waals surface area contributed by atoms with Crippen molar-refractivity contribution < 1.29 is 9.21 Å². The molecular weight excluding hydrogens is 268 g/mol. The SMILES string of the molecule is CN(C)CC(=O)Nc1ccc2nc(-c3ccco3)[nH]c2c1. The fraction of sp³-hybridized carbons (Fsp3) is 0.200. The summed E-state index contributed by atoms with van der Waals surface area (Å²) in [5, 5.41) is 2.86. The van der Waals surface area contributed by atoms with E-state index in [9.17, 15) is 4.79 Å². The van der Waals surface area contributed by atoms with Gasteiger partial charge in [-0.25, -0.2) is 4.98 Å². The lowest BCUT2D eigenvalue weighted by molar-refractivity contribution is -0.116. The van der Waals surface area contributed by atoms with Crippen LogP contribution >= 0.6 is 0 Å². The maximum absolute atomic E-state index is 11.8. The van der Waals surface area contributed by atoms with Crippen molar-refractivity contribution in [2.75, 3.05) is 26.0 Å². The minimum Gasteiger partial charge on any atom is -0.461 e. The molecule has 108 valence electrons. The Morgan fingerprint density at radius 3 is 2.95 bits per heavy atom. The molecule has 21 heavy (non-hydrogen) atoms. The van der Waals surface area contributed by atoms with Crippen molar-refractivity contribution in [2.24, 2.45) is 0 Å². The van der Waals surface area contributed by atoms with Gasteiger partial charge in [-0.1, -0.05) is 0 Å². The van der Waals surface area contributed by atoms with Gasteiger partial charge in [0.05, 0.1) is 23.8 Å². The predicted octanol–water partition coefficient (Wildman–Crippen LogP) is 2.32. The third kappa shape index (κ3) is 2.95. The van der Waals surface area contributed by atoms with Crippen LogP contribution in [0.5, 0.6) is 0 Å². The molecule has 0 saturated heterocycles. The van der Waals surface area contributed by atoms with Crippen molar-refractivity contribution in [1.82, 2.24) is 14.9 Å². The van der Waals surface area contributed by atoms with Crippen LogP contribution in [0.25, 0.3) is 22.6 Å². The monoisotopic (exact) mass is 284 g/mol. The fourth-order valence-corrected chi connectivity index (χ4v) is 2.11. The number of benzene rings is 1. The first kappa shape index (κ1) is 13.4. The topological polar surface area (TPSA) is 74.2 Å². The lowest BCUT2D eigenvalue weighted by Gasteiger charge is -2.09. The number of hydrogen-bond donors (Lipinski definition) is 2. The van der Waals surface area contributed by atoms with E-state index in [1.54, 1.807) is 6.26 Å². The van der Waals surface area contributed by atoms with E-state index in [2.05, 4.69) is 15.3 Å². The van der Waals surface area contributed by atoms with Gasteiger partial charge < -0.3 is 19.6 Å². The first-order chi connectivity index (χ1) is 10.1. The number of nitrogens with one attached hydrogen (secondary N) is 2. The van der Waals surface area contributed by atoms with Crippen LogP contribution in [0.1, 0.15) is 0 Å². The Hall–Kier alpha value is -2.60. The molecule has 0 spiro atoms. The largest absolute Gasteiger partial charge is 0.461 e. The Bertz CT molecular complexity index is 759. The van der Waals surface area contributed by atoms with E-state index in [4.69, 9.17) is 4.42 Å². The third-order valence-electron chi connectivity index (χ3n) is 2.98. The Morgan fingerprint density at radius 1 is 1.38 bits per heavy atom. The molecule has 0 bridgehead atoms. The number of hydrogen-bond acceptors (Lipinski definition) is 4. The molecule has 2 N–H and O–H groups in total. The number of rotatable bonds is 4. The zero-order valence-corrected chi connectivity index (χ0v) is 11.9. The van der Waals surface area contributed by atoms with Gasteiger partial charge in [0.2, 0.25) is 5.91 Å². The molecule has 0 fully saturated rings. The Labute approximate surface area is 121 Å². The van der Waals surface area contributed by atoms with Crippen LogP contribution < -0.4 is 5.32 Å². The first-order valence-electron chi connectivity index (χ1n) is 6.60. The maximum Gasteiger partial charge on any atom is 0.238 e. The van der Waals surface area contributed by atoms with Gasteiger partial charge in [0.1, 0.15) is 0 Å². The molecule has 2 heterocycles. The highest BCUT2D eigenvalue weighted by Crippen LogP contribution is 2.23. The lowest BCUT2D eigenvalue weighted by atomic mass is 10.2. The highest BCUT2D eigenvalue weighted by molar-refractivity contribution is 5.94. The lowest BCUT2D eigenvalue weighted by Crippen LogP contribution is -2.27. The number of nitrogens with zero attached hydrogens (tertiary/aromatic N) is 2. The number of carbonyl (C=O) groups is 1.